The van der Waals surface area contributed by atoms with Gasteiger partial charge in [-0.05, 0) is 50.1 Å². The van der Waals surface area contributed by atoms with Crippen LogP contribution in [0.3, 0.4) is 0 Å². The van der Waals surface area contributed by atoms with Crippen molar-refractivity contribution in [3.63, 3.8) is 0 Å². The van der Waals surface area contributed by atoms with E-state index in [1.807, 2.05) is 0 Å². The molecule has 1 heterocycles. The van der Waals surface area contributed by atoms with Gasteiger partial charge >= 0.3 is 0 Å². The number of hydrogen-bond donors (Lipinski definition) is 1. The van der Waals surface area contributed by atoms with Crippen LogP contribution in [0.2, 0.25) is 0 Å². The molecule has 0 aliphatic rings. The predicted molar refractivity (Wildman–Crippen MR) is 78.8 cm³/mol. The number of halogens is 3. The Kier molecular flexibility index (Phi) is 4.34. The molecule has 0 aliphatic carbocycles. The predicted octanol–water partition coefficient (Wildman–Crippen LogP) is 4.54. The number of nitriles is 1. The van der Waals surface area contributed by atoms with Crippen molar-refractivity contribution in [2.75, 3.05) is 5.32 Å². The van der Waals surface area contributed by atoms with E-state index in [0.29, 0.717) is 4.88 Å². The zero-order valence-electron chi connectivity index (χ0n) is 9.21. The fourth-order valence-electron chi connectivity index (χ4n) is 1.38. The highest BCUT2D eigenvalue weighted by molar-refractivity contribution is 9.13. The Hall–Kier alpha value is -1.23. The van der Waals surface area contributed by atoms with Gasteiger partial charge in [0.25, 0.3) is 5.91 Å². The summed E-state index contributed by atoms with van der Waals surface area (Å²) < 4.78 is 14.9. The van der Waals surface area contributed by atoms with E-state index in [-0.39, 0.29) is 11.3 Å². The standard InChI is InChI=1S/C12H5Br2FN2OS/c13-7-4-10(19-11(7)14)12(18)17-9-3-1-2-8(15)6(9)5-16/h1-4H,(H,17,18). The zero-order valence-corrected chi connectivity index (χ0v) is 13.2. The van der Waals surface area contributed by atoms with E-state index in [9.17, 15) is 9.18 Å². The monoisotopic (exact) mass is 402 g/mol. The lowest BCUT2D eigenvalue weighted by atomic mass is 10.2. The third-order valence-electron chi connectivity index (χ3n) is 2.24. The molecule has 19 heavy (non-hydrogen) atoms. The van der Waals surface area contributed by atoms with Crippen molar-refractivity contribution < 1.29 is 9.18 Å². The highest BCUT2D eigenvalue weighted by Gasteiger charge is 2.15. The SMILES string of the molecule is N#Cc1c(F)cccc1NC(=O)c1cc(Br)c(Br)s1. The van der Waals surface area contributed by atoms with Gasteiger partial charge in [0.05, 0.1) is 14.4 Å². The van der Waals surface area contributed by atoms with Gasteiger partial charge in [-0.25, -0.2) is 4.39 Å². The van der Waals surface area contributed by atoms with Crippen LogP contribution in [0.4, 0.5) is 10.1 Å². The Bertz CT molecular complexity index is 674. The molecule has 7 heteroatoms. The van der Waals surface area contributed by atoms with Crippen molar-refractivity contribution >= 4 is 54.8 Å². The van der Waals surface area contributed by atoms with Gasteiger partial charge in [-0.2, -0.15) is 5.26 Å². The zero-order chi connectivity index (χ0) is 14.0. The Balaban J connectivity index is 2.30. The summed E-state index contributed by atoms with van der Waals surface area (Å²) in [5.74, 6) is -1.05. The minimum absolute atomic E-state index is 0.160. The number of carbonyl (C=O) groups excluding carboxylic acids is 1. The van der Waals surface area contributed by atoms with E-state index in [4.69, 9.17) is 5.26 Å². The van der Waals surface area contributed by atoms with E-state index < -0.39 is 11.7 Å². The molecule has 3 nitrogen and oxygen atoms in total. The number of nitrogens with one attached hydrogen (secondary N) is 1. The smallest absolute Gasteiger partial charge is 0.265 e. The van der Waals surface area contributed by atoms with Crippen molar-refractivity contribution in [2.24, 2.45) is 0 Å². The molecule has 0 aliphatic heterocycles. The van der Waals surface area contributed by atoms with Crippen molar-refractivity contribution in [1.29, 1.82) is 5.26 Å². The van der Waals surface area contributed by atoms with Crippen LogP contribution in [-0.2, 0) is 0 Å². The molecule has 1 N–H and O–H groups in total. The molecule has 0 unspecified atom stereocenters. The normalized spacial score (nSPS) is 10.0. The summed E-state index contributed by atoms with van der Waals surface area (Å²) in [6.45, 7) is 0. The van der Waals surface area contributed by atoms with E-state index in [0.717, 1.165) is 8.26 Å². The number of hydrogen-bond acceptors (Lipinski definition) is 3. The Morgan fingerprint density at radius 3 is 2.74 bits per heavy atom. The first kappa shape index (κ1) is 14.2. The first-order chi connectivity index (χ1) is 9.02. The summed E-state index contributed by atoms with van der Waals surface area (Å²) in [5.41, 5.74) is -0.0151. The highest BCUT2D eigenvalue weighted by Crippen LogP contribution is 2.32. The molecular formula is C12H5Br2FN2OS. The van der Waals surface area contributed by atoms with Gasteiger partial charge in [0.15, 0.2) is 0 Å². The third kappa shape index (κ3) is 3.03. The Morgan fingerprint density at radius 1 is 1.42 bits per heavy atom. The van der Waals surface area contributed by atoms with Crippen molar-refractivity contribution in [1.82, 2.24) is 0 Å². The van der Waals surface area contributed by atoms with Crippen molar-refractivity contribution in [2.45, 2.75) is 0 Å². The second-order valence-corrected chi connectivity index (χ2v) is 6.69. The fraction of sp³-hybridized carbons (Fsp3) is 0. The first-order valence-electron chi connectivity index (χ1n) is 4.97. The molecule has 0 spiro atoms. The molecule has 2 rings (SSSR count). The van der Waals surface area contributed by atoms with Gasteiger partial charge in [0, 0.05) is 4.47 Å². The second kappa shape index (κ2) is 5.82. The maximum absolute atomic E-state index is 13.4. The summed E-state index contributed by atoms with van der Waals surface area (Å²) in [4.78, 5) is 12.4. The first-order valence-corrected chi connectivity index (χ1v) is 7.38. The molecule has 0 saturated carbocycles. The van der Waals surface area contributed by atoms with Crippen molar-refractivity contribution in [3.05, 3.63) is 48.8 Å². The van der Waals surface area contributed by atoms with Crippen LogP contribution in [0.5, 0.6) is 0 Å². The Morgan fingerprint density at radius 2 is 2.16 bits per heavy atom. The van der Waals surface area contributed by atoms with Gasteiger partial charge in [-0.3, -0.25) is 4.79 Å². The lowest BCUT2D eigenvalue weighted by molar-refractivity contribution is 0.103. The molecular weight excluding hydrogens is 399 g/mol. The number of amides is 1. The third-order valence-corrected chi connectivity index (χ3v) is 5.50. The average Bonchev–Trinajstić information content (AvgIpc) is 2.70. The average molecular weight is 404 g/mol. The van der Waals surface area contributed by atoms with Gasteiger partial charge in [0.1, 0.15) is 17.4 Å². The Labute approximate surface area is 129 Å². The van der Waals surface area contributed by atoms with E-state index >= 15 is 0 Å². The van der Waals surface area contributed by atoms with Crippen LogP contribution < -0.4 is 5.32 Å². The molecule has 2 aromatic rings. The molecule has 1 amide bonds. The van der Waals surface area contributed by atoms with Crippen LogP contribution >= 0.6 is 43.2 Å². The maximum atomic E-state index is 13.4. The molecule has 0 radical (unpaired) electrons. The second-order valence-electron chi connectivity index (χ2n) is 3.46. The summed E-state index contributed by atoms with van der Waals surface area (Å²) in [6.07, 6.45) is 0. The van der Waals surface area contributed by atoms with Crippen LogP contribution in [-0.4, -0.2) is 5.91 Å². The minimum Gasteiger partial charge on any atom is -0.320 e. The van der Waals surface area contributed by atoms with Gasteiger partial charge in [-0.1, -0.05) is 6.07 Å². The van der Waals surface area contributed by atoms with E-state index in [1.54, 1.807) is 12.1 Å². The molecule has 1 aromatic heterocycles. The molecule has 0 bridgehead atoms. The maximum Gasteiger partial charge on any atom is 0.265 e. The van der Waals surface area contributed by atoms with Gasteiger partial charge in [-0.15, -0.1) is 11.3 Å². The van der Waals surface area contributed by atoms with Gasteiger partial charge in [0.2, 0.25) is 0 Å². The van der Waals surface area contributed by atoms with Crippen LogP contribution in [0, 0.1) is 17.1 Å². The largest absolute Gasteiger partial charge is 0.320 e. The van der Waals surface area contributed by atoms with E-state index in [1.165, 1.54) is 29.5 Å². The minimum atomic E-state index is -0.658. The number of anilines is 1. The lowest BCUT2D eigenvalue weighted by Gasteiger charge is -2.05. The lowest BCUT2D eigenvalue weighted by Crippen LogP contribution is -2.11. The molecule has 0 atom stereocenters. The topological polar surface area (TPSA) is 52.9 Å². The summed E-state index contributed by atoms with van der Waals surface area (Å²) in [5, 5.41) is 11.4. The highest BCUT2D eigenvalue weighted by atomic mass is 79.9. The molecule has 0 fully saturated rings. The van der Waals surface area contributed by atoms with E-state index in [2.05, 4.69) is 37.2 Å². The summed E-state index contributed by atoms with van der Waals surface area (Å²) in [6, 6.07) is 7.47. The molecule has 0 saturated heterocycles. The quantitative estimate of drug-likeness (QED) is 0.800. The number of nitrogens with zero attached hydrogens (tertiary/aromatic N) is 1. The number of benzene rings is 1. The van der Waals surface area contributed by atoms with Crippen LogP contribution in [0.15, 0.2) is 32.5 Å². The van der Waals surface area contributed by atoms with Crippen LogP contribution in [0.1, 0.15) is 15.2 Å². The molecule has 96 valence electrons. The fourth-order valence-corrected chi connectivity index (χ4v) is 3.32. The number of rotatable bonds is 2. The van der Waals surface area contributed by atoms with Gasteiger partial charge < -0.3 is 5.32 Å². The number of thiophene rings is 1. The van der Waals surface area contributed by atoms with Crippen LogP contribution in [0.25, 0.3) is 0 Å². The molecule has 1 aromatic carbocycles. The summed E-state index contributed by atoms with van der Waals surface area (Å²) >= 11 is 7.81. The summed E-state index contributed by atoms with van der Waals surface area (Å²) in [7, 11) is 0. The van der Waals surface area contributed by atoms with Crippen molar-refractivity contribution in [3.8, 4) is 6.07 Å². The number of carbonyl (C=O) groups is 1.